The van der Waals surface area contributed by atoms with Gasteiger partial charge in [0.25, 0.3) is 5.56 Å². The minimum Gasteiger partial charge on any atom is -0.496 e. The molecule has 1 aromatic carbocycles. The topological polar surface area (TPSA) is 109 Å². The number of carbonyl (C=O) groups is 2. The number of thiophene rings is 1. The maximum Gasteiger partial charge on any atom is 0.278 e. The van der Waals surface area contributed by atoms with Crippen molar-refractivity contribution < 1.29 is 14.3 Å². The lowest BCUT2D eigenvalue weighted by atomic mass is 9.91. The highest BCUT2D eigenvalue weighted by Crippen LogP contribution is 2.34. The highest BCUT2D eigenvalue weighted by Gasteiger charge is 2.26. The van der Waals surface area contributed by atoms with Crippen molar-refractivity contribution in [3.05, 3.63) is 62.0 Å². The Morgan fingerprint density at radius 2 is 1.73 bits per heavy atom. The molecular formula is C38H52N6O4S. The Balaban J connectivity index is 1.85. The molecular weight excluding hydrogens is 637 g/mol. The number of aromatic nitrogens is 3. The Morgan fingerprint density at radius 3 is 2.31 bits per heavy atom. The van der Waals surface area contributed by atoms with Crippen LogP contribution in [-0.2, 0) is 21.4 Å². The van der Waals surface area contributed by atoms with E-state index in [9.17, 15) is 14.4 Å². The monoisotopic (exact) mass is 688 g/mol. The molecule has 264 valence electrons. The Kier molecular flexibility index (Phi) is 12.6. The smallest absolute Gasteiger partial charge is 0.278 e. The van der Waals surface area contributed by atoms with Crippen molar-refractivity contribution in [3.63, 3.8) is 0 Å². The van der Waals surface area contributed by atoms with Crippen LogP contribution in [0.4, 0.5) is 10.7 Å². The second-order valence-corrected chi connectivity index (χ2v) is 14.5. The number of likely N-dealkylation sites (N-methyl/N-ethyl adjacent to an activating group) is 1. The van der Waals surface area contributed by atoms with Crippen molar-refractivity contribution >= 4 is 45.6 Å². The van der Waals surface area contributed by atoms with E-state index in [1.54, 1.807) is 36.6 Å². The SMILES string of the molecule is CCCCN(CCCC)C(=O)CN(CC)c1ccc(C=c2c(C(C)(C)C)nn3c(=O)c(CC)c(-c4cc(NC(C)=O)ccc4OC)nc23)s1. The number of hydrogen-bond acceptors (Lipinski definition) is 8. The number of unbranched alkanes of at least 4 members (excludes halogenated alkanes) is 2. The summed E-state index contributed by atoms with van der Waals surface area (Å²) in [6.07, 6.45) is 6.60. The van der Waals surface area contributed by atoms with Crippen LogP contribution in [0.15, 0.2) is 35.1 Å². The second-order valence-electron chi connectivity index (χ2n) is 13.4. The first-order chi connectivity index (χ1) is 23.4. The van der Waals surface area contributed by atoms with Crippen LogP contribution < -0.4 is 25.7 Å². The molecule has 1 N–H and O–H groups in total. The molecule has 10 nitrogen and oxygen atoms in total. The van der Waals surface area contributed by atoms with E-state index in [2.05, 4.69) is 57.8 Å². The Labute approximate surface area is 294 Å². The number of fused-ring (bicyclic) bond motifs is 1. The molecule has 0 saturated heterocycles. The maximum absolute atomic E-state index is 14.1. The number of benzene rings is 1. The van der Waals surface area contributed by atoms with Gasteiger partial charge < -0.3 is 19.9 Å². The van der Waals surface area contributed by atoms with E-state index in [1.807, 2.05) is 24.0 Å². The Morgan fingerprint density at radius 1 is 1.04 bits per heavy atom. The quantitative estimate of drug-likeness (QED) is 0.153. The van der Waals surface area contributed by atoms with Gasteiger partial charge in [-0.25, -0.2) is 4.98 Å². The average Bonchev–Trinajstić information content (AvgIpc) is 3.68. The fourth-order valence-corrected chi connectivity index (χ4v) is 6.89. The van der Waals surface area contributed by atoms with Gasteiger partial charge in [0, 0.05) is 58.9 Å². The molecule has 11 heteroatoms. The zero-order valence-corrected chi connectivity index (χ0v) is 31.4. The molecule has 0 spiro atoms. The summed E-state index contributed by atoms with van der Waals surface area (Å²) in [6, 6.07) is 9.43. The lowest BCUT2D eigenvalue weighted by molar-refractivity contribution is -0.129. The van der Waals surface area contributed by atoms with E-state index in [4.69, 9.17) is 14.8 Å². The van der Waals surface area contributed by atoms with Gasteiger partial charge in [-0.3, -0.25) is 14.4 Å². The first-order valence-corrected chi connectivity index (χ1v) is 18.2. The molecule has 49 heavy (non-hydrogen) atoms. The summed E-state index contributed by atoms with van der Waals surface area (Å²) < 4.78 is 7.12. The fraction of sp³-hybridized carbons (Fsp3) is 0.500. The van der Waals surface area contributed by atoms with Gasteiger partial charge in [-0.15, -0.1) is 11.3 Å². The molecule has 4 rings (SSSR count). The van der Waals surface area contributed by atoms with Crippen LogP contribution in [0.25, 0.3) is 23.0 Å². The van der Waals surface area contributed by atoms with E-state index >= 15 is 0 Å². The fourth-order valence-electron chi connectivity index (χ4n) is 5.88. The molecule has 0 bridgehead atoms. The van der Waals surface area contributed by atoms with E-state index in [1.165, 1.54) is 11.4 Å². The zero-order valence-electron chi connectivity index (χ0n) is 30.6. The van der Waals surface area contributed by atoms with Crippen LogP contribution in [0.2, 0.25) is 0 Å². The molecule has 0 unspecified atom stereocenters. The summed E-state index contributed by atoms with van der Waals surface area (Å²) in [5.41, 5.74) is 2.79. The van der Waals surface area contributed by atoms with Crippen molar-refractivity contribution in [3.8, 4) is 17.0 Å². The normalized spacial score (nSPS) is 12.1. The summed E-state index contributed by atoms with van der Waals surface area (Å²) in [7, 11) is 1.57. The molecule has 0 fully saturated rings. The Bertz CT molecular complexity index is 1880. The summed E-state index contributed by atoms with van der Waals surface area (Å²) in [6.45, 7) is 18.6. The molecule has 0 saturated carbocycles. The summed E-state index contributed by atoms with van der Waals surface area (Å²) in [5.74, 6) is 0.500. The summed E-state index contributed by atoms with van der Waals surface area (Å²) >= 11 is 1.60. The minimum atomic E-state index is -0.385. The summed E-state index contributed by atoms with van der Waals surface area (Å²) in [4.78, 5) is 49.6. The molecule has 4 aromatic rings. The van der Waals surface area contributed by atoms with Crippen LogP contribution in [-0.4, -0.2) is 64.6 Å². The second kappa shape index (κ2) is 16.4. The predicted octanol–water partition coefficient (Wildman–Crippen LogP) is 6.45. The first-order valence-electron chi connectivity index (χ1n) is 17.4. The summed E-state index contributed by atoms with van der Waals surface area (Å²) in [5, 5.41) is 9.45. The van der Waals surface area contributed by atoms with Gasteiger partial charge in [0.2, 0.25) is 11.8 Å². The van der Waals surface area contributed by atoms with Crippen LogP contribution in [0.3, 0.4) is 0 Å². The maximum atomic E-state index is 14.1. The zero-order chi connectivity index (χ0) is 35.9. The van der Waals surface area contributed by atoms with E-state index in [0.717, 1.165) is 59.6 Å². The number of anilines is 2. The lowest BCUT2D eigenvalue weighted by Crippen LogP contribution is -2.41. The van der Waals surface area contributed by atoms with Gasteiger partial charge >= 0.3 is 0 Å². The van der Waals surface area contributed by atoms with Crippen LogP contribution in [0, 0.1) is 0 Å². The number of amides is 2. The number of nitrogens with zero attached hydrogens (tertiary/aromatic N) is 5. The largest absolute Gasteiger partial charge is 0.496 e. The number of nitrogens with one attached hydrogen (secondary N) is 1. The molecule has 0 aliphatic carbocycles. The number of carbonyl (C=O) groups excluding carboxylic acids is 2. The van der Waals surface area contributed by atoms with Gasteiger partial charge in [0.15, 0.2) is 5.65 Å². The van der Waals surface area contributed by atoms with Gasteiger partial charge in [0.1, 0.15) is 5.75 Å². The molecule has 0 atom stereocenters. The Hall–Kier alpha value is -4.25. The number of methoxy groups -OCH3 is 1. The van der Waals surface area contributed by atoms with Gasteiger partial charge in [-0.1, -0.05) is 54.4 Å². The molecule has 0 aliphatic rings. The highest BCUT2D eigenvalue weighted by molar-refractivity contribution is 7.16. The molecule has 0 aliphatic heterocycles. The molecule has 3 aromatic heterocycles. The lowest BCUT2D eigenvalue weighted by Gasteiger charge is -2.27. The average molecular weight is 689 g/mol. The third-order valence-corrected chi connectivity index (χ3v) is 9.62. The number of rotatable bonds is 15. The van der Waals surface area contributed by atoms with Gasteiger partial charge in [-0.2, -0.15) is 9.61 Å². The van der Waals surface area contributed by atoms with E-state index < -0.39 is 0 Å². The molecule has 2 amide bonds. The van der Waals surface area contributed by atoms with Crippen molar-refractivity contribution in [1.82, 2.24) is 19.5 Å². The van der Waals surface area contributed by atoms with Gasteiger partial charge in [-0.05, 0) is 62.6 Å². The third-order valence-electron chi connectivity index (χ3n) is 8.52. The van der Waals surface area contributed by atoms with Crippen molar-refractivity contribution in [1.29, 1.82) is 0 Å². The van der Waals surface area contributed by atoms with Crippen LogP contribution >= 0.6 is 11.3 Å². The van der Waals surface area contributed by atoms with Crippen molar-refractivity contribution in [2.24, 2.45) is 0 Å². The number of hydrogen-bond donors (Lipinski definition) is 1. The van der Waals surface area contributed by atoms with E-state index in [-0.39, 0.29) is 22.8 Å². The third kappa shape index (κ3) is 8.68. The molecule has 3 heterocycles. The van der Waals surface area contributed by atoms with Crippen molar-refractivity contribution in [2.45, 2.75) is 92.9 Å². The van der Waals surface area contributed by atoms with Crippen molar-refractivity contribution in [2.75, 3.05) is 43.5 Å². The first kappa shape index (κ1) is 37.6. The van der Waals surface area contributed by atoms with Gasteiger partial charge in [0.05, 0.1) is 30.0 Å². The highest BCUT2D eigenvalue weighted by atomic mass is 32.1. The minimum absolute atomic E-state index is 0.157. The van der Waals surface area contributed by atoms with Crippen LogP contribution in [0.1, 0.15) is 97.2 Å². The van der Waals surface area contributed by atoms with E-state index in [0.29, 0.717) is 53.4 Å². The number of ether oxygens (including phenoxy) is 1. The van der Waals surface area contributed by atoms with Crippen LogP contribution in [0.5, 0.6) is 5.75 Å². The predicted molar refractivity (Wildman–Crippen MR) is 201 cm³/mol. The molecule has 0 radical (unpaired) electrons. The standard InChI is InChI=1S/C38H52N6O4S/c1-10-14-20-43(21-15-11-2)32(46)24-42(13-4)33-19-17-27(49-33)23-30-35(38(6,7)8)41-44-36(30)40-34(28(12-3)37(44)47)29-22-26(39-25(5)45)16-18-31(29)48-9/h16-19,22-23H,10-15,20-21,24H2,1-9H3,(H,39,45).